The molecule has 2 aliphatic heterocycles. The largest absolute Gasteiger partial charge is 0.495 e. The Kier molecular flexibility index (Phi) is 5.39. The van der Waals surface area contributed by atoms with Gasteiger partial charge in [0.05, 0.1) is 12.8 Å². The maximum absolute atomic E-state index is 13.1. The Morgan fingerprint density at radius 2 is 1.81 bits per heavy atom. The molecular formula is C25H24ClN3O3. The average Bonchev–Trinajstić information content (AvgIpc) is 2.80. The molecule has 7 heteroatoms. The van der Waals surface area contributed by atoms with Crippen LogP contribution in [-0.4, -0.2) is 35.7 Å². The number of carbonyl (C=O) groups excluding carboxylic acids is 1. The summed E-state index contributed by atoms with van der Waals surface area (Å²) < 4.78 is 7.26. The number of hydrogen-bond acceptors (Lipinski definition) is 3. The SMILES string of the molecule is COc1ccccc1NC(=O)N1C[C@@H]2C[C@H](C1)c1c(-c3ccc(Cl)cc3)ccc(=O)n1C2. The minimum absolute atomic E-state index is 0.0133. The normalized spacial score (nSPS) is 19.2. The van der Waals surface area contributed by atoms with Crippen LogP contribution in [0.3, 0.4) is 0 Å². The molecule has 5 rings (SSSR count). The summed E-state index contributed by atoms with van der Waals surface area (Å²) in [6.45, 7) is 1.79. The van der Waals surface area contributed by atoms with Gasteiger partial charge in [0.25, 0.3) is 5.56 Å². The first-order valence-corrected chi connectivity index (χ1v) is 11.1. The Hall–Kier alpha value is -3.25. The van der Waals surface area contributed by atoms with Crippen LogP contribution in [0.4, 0.5) is 10.5 Å². The van der Waals surface area contributed by atoms with E-state index in [0.717, 1.165) is 23.2 Å². The standard InChI is InChI=1S/C25H24ClN3O3/c1-32-22-5-3-2-4-21(22)27-25(31)28-13-16-12-18(15-28)24-20(10-11-23(30)29(24)14-16)17-6-8-19(26)9-7-17/h2-11,16,18H,12-15H2,1H3,(H,27,31)/t16-,18+/m0/s1. The van der Waals surface area contributed by atoms with Crippen molar-refractivity contribution in [1.82, 2.24) is 9.47 Å². The zero-order valence-corrected chi connectivity index (χ0v) is 18.5. The van der Waals surface area contributed by atoms with E-state index in [2.05, 4.69) is 5.32 Å². The quantitative estimate of drug-likeness (QED) is 0.623. The number of piperidine rings is 1. The number of anilines is 1. The van der Waals surface area contributed by atoms with Crippen LogP contribution in [0.1, 0.15) is 18.0 Å². The number of nitrogens with zero attached hydrogens (tertiary/aromatic N) is 2. The Bertz CT molecular complexity index is 1220. The molecule has 2 aromatic carbocycles. The van der Waals surface area contributed by atoms with E-state index >= 15 is 0 Å². The van der Waals surface area contributed by atoms with Crippen LogP contribution >= 0.6 is 11.6 Å². The summed E-state index contributed by atoms with van der Waals surface area (Å²) in [5.41, 5.74) is 3.71. The molecule has 6 nitrogen and oxygen atoms in total. The minimum Gasteiger partial charge on any atom is -0.495 e. The second-order valence-electron chi connectivity index (χ2n) is 8.42. The zero-order chi connectivity index (χ0) is 22.2. The number of nitrogens with one attached hydrogen (secondary N) is 1. The first-order chi connectivity index (χ1) is 15.5. The molecule has 2 atom stereocenters. The Morgan fingerprint density at radius 1 is 1.03 bits per heavy atom. The number of ether oxygens (including phenoxy) is 1. The summed E-state index contributed by atoms with van der Waals surface area (Å²) in [7, 11) is 1.59. The van der Waals surface area contributed by atoms with Crippen molar-refractivity contribution >= 4 is 23.3 Å². The molecular weight excluding hydrogens is 426 g/mol. The van der Waals surface area contributed by atoms with Gasteiger partial charge in [-0.05, 0) is 48.2 Å². The molecule has 0 radical (unpaired) electrons. The summed E-state index contributed by atoms with van der Waals surface area (Å²) in [6.07, 6.45) is 0.961. The molecule has 1 fully saturated rings. The summed E-state index contributed by atoms with van der Waals surface area (Å²) in [4.78, 5) is 27.7. The maximum Gasteiger partial charge on any atom is 0.321 e. The third kappa shape index (κ3) is 3.75. The molecule has 0 spiro atoms. The number of halogens is 1. The number of benzene rings is 2. The lowest BCUT2D eigenvalue weighted by Crippen LogP contribution is -2.50. The van der Waals surface area contributed by atoms with Gasteiger partial charge in [-0.2, -0.15) is 0 Å². The number of carbonyl (C=O) groups is 1. The van der Waals surface area contributed by atoms with Gasteiger partial charge in [0.15, 0.2) is 0 Å². The number of rotatable bonds is 3. The molecule has 164 valence electrons. The van der Waals surface area contributed by atoms with Crippen LogP contribution in [-0.2, 0) is 6.54 Å². The van der Waals surface area contributed by atoms with Gasteiger partial charge in [0, 0.05) is 47.9 Å². The molecule has 3 heterocycles. The summed E-state index contributed by atoms with van der Waals surface area (Å²) >= 11 is 6.08. The second kappa shape index (κ2) is 8.36. The number of pyridine rings is 1. The Balaban J connectivity index is 1.46. The van der Waals surface area contributed by atoms with Crippen molar-refractivity contribution < 1.29 is 9.53 Å². The van der Waals surface area contributed by atoms with E-state index in [1.807, 2.05) is 64.1 Å². The number of hydrogen-bond donors (Lipinski definition) is 1. The second-order valence-corrected chi connectivity index (χ2v) is 8.86. The number of fused-ring (bicyclic) bond motifs is 4. The number of aromatic nitrogens is 1. The van der Waals surface area contributed by atoms with Crippen LogP contribution in [0, 0.1) is 5.92 Å². The van der Waals surface area contributed by atoms with Crippen LogP contribution in [0.2, 0.25) is 5.02 Å². The Morgan fingerprint density at radius 3 is 2.59 bits per heavy atom. The highest BCUT2D eigenvalue weighted by molar-refractivity contribution is 6.30. The fourth-order valence-corrected chi connectivity index (χ4v) is 5.12. The number of urea groups is 1. The molecule has 0 unspecified atom stereocenters. The van der Waals surface area contributed by atoms with Crippen molar-refractivity contribution in [1.29, 1.82) is 0 Å². The molecule has 0 aliphatic carbocycles. The molecule has 32 heavy (non-hydrogen) atoms. The van der Waals surface area contributed by atoms with Crippen molar-refractivity contribution in [3.05, 3.63) is 81.7 Å². The van der Waals surface area contributed by atoms with Crippen molar-refractivity contribution in [3.63, 3.8) is 0 Å². The summed E-state index contributed by atoms with van der Waals surface area (Å²) in [5.74, 6) is 0.952. The molecule has 2 amide bonds. The monoisotopic (exact) mass is 449 g/mol. The molecule has 1 N–H and O–H groups in total. The molecule has 0 saturated carbocycles. The molecule has 1 saturated heterocycles. The highest BCUT2D eigenvalue weighted by Crippen LogP contribution is 2.40. The van der Waals surface area contributed by atoms with E-state index in [4.69, 9.17) is 16.3 Å². The zero-order valence-electron chi connectivity index (χ0n) is 17.8. The Labute approximate surface area is 191 Å². The smallest absolute Gasteiger partial charge is 0.321 e. The predicted octanol–water partition coefficient (Wildman–Crippen LogP) is 4.83. The van der Waals surface area contributed by atoms with Gasteiger partial charge < -0.3 is 19.5 Å². The third-order valence-corrected chi connectivity index (χ3v) is 6.63. The van der Waals surface area contributed by atoms with E-state index in [0.29, 0.717) is 36.1 Å². The molecule has 3 aromatic rings. The van der Waals surface area contributed by atoms with Gasteiger partial charge in [-0.25, -0.2) is 4.79 Å². The van der Waals surface area contributed by atoms with Gasteiger partial charge in [-0.15, -0.1) is 0 Å². The molecule has 2 bridgehead atoms. The van der Waals surface area contributed by atoms with E-state index in [9.17, 15) is 9.59 Å². The van der Waals surface area contributed by atoms with Crippen LogP contribution in [0.25, 0.3) is 11.1 Å². The molecule has 1 aromatic heterocycles. The van der Waals surface area contributed by atoms with E-state index in [1.54, 1.807) is 13.2 Å². The van der Waals surface area contributed by atoms with E-state index in [1.165, 1.54) is 0 Å². The van der Waals surface area contributed by atoms with Crippen molar-refractivity contribution in [2.24, 2.45) is 5.92 Å². The number of methoxy groups -OCH3 is 1. The maximum atomic E-state index is 13.1. The fraction of sp³-hybridized carbons (Fsp3) is 0.280. The summed E-state index contributed by atoms with van der Waals surface area (Å²) in [5, 5.41) is 3.66. The first-order valence-electron chi connectivity index (χ1n) is 10.7. The number of para-hydroxylation sites is 2. The topological polar surface area (TPSA) is 63.6 Å². The number of amides is 2. The average molecular weight is 450 g/mol. The van der Waals surface area contributed by atoms with Gasteiger partial charge in [-0.3, -0.25) is 4.79 Å². The minimum atomic E-state index is -0.149. The fourth-order valence-electron chi connectivity index (χ4n) is 5.00. The van der Waals surface area contributed by atoms with Crippen molar-refractivity contribution in [2.45, 2.75) is 18.9 Å². The lowest BCUT2D eigenvalue weighted by molar-refractivity contribution is 0.140. The van der Waals surface area contributed by atoms with Gasteiger partial charge in [0.1, 0.15) is 5.75 Å². The van der Waals surface area contributed by atoms with Crippen LogP contribution in [0.5, 0.6) is 5.75 Å². The molecule has 2 aliphatic rings. The van der Waals surface area contributed by atoms with Crippen molar-refractivity contribution in [2.75, 3.05) is 25.5 Å². The van der Waals surface area contributed by atoms with Gasteiger partial charge >= 0.3 is 6.03 Å². The third-order valence-electron chi connectivity index (χ3n) is 6.38. The predicted molar refractivity (Wildman–Crippen MR) is 126 cm³/mol. The van der Waals surface area contributed by atoms with Crippen molar-refractivity contribution in [3.8, 4) is 16.9 Å². The van der Waals surface area contributed by atoms with Crippen LogP contribution < -0.4 is 15.6 Å². The van der Waals surface area contributed by atoms with Gasteiger partial charge in [0.2, 0.25) is 0 Å². The number of likely N-dealkylation sites (tertiary alicyclic amines) is 1. The highest BCUT2D eigenvalue weighted by atomic mass is 35.5. The first kappa shape index (κ1) is 20.6. The van der Waals surface area contributed by atoms with Gasteiger partial charge in [-0.1, -0.05) is 35.9 Å². The lowest BCUT2D eigenvalue weighted by atomic mass is 9.80. The van der Waals surface area contributed by atoms with E-state index < -0.39 is 0 Å². The summed E-state index contributed by atoms with van der Waals surface area (Å²) in [6, 6.07) is 18.4. The highest BCUT2D eigenvalue weighted by Gasteiger charge is 2.38. The van der Waals surface area contributed by atoms with E-state index in [-0.39, 0.29) is 23.4 Å². The van der Waals surface area contributed by atoms with Crippen LogP contribution in [0.15, 0.2) is 65.5 Å². The lowest BCUT2D eigenvalue weighted by Gasteiger charge is -2.43.